The van der Waals surface area contributed by atoms with Gasteiger partial charge in [-0.1, -0.05) is 84.0 Å². The molecule has 2 rings (SSSR count). The van der Waals surface area contributed by atoms with Gasteiger partial charge in [-0.2, -0.15) is 10.4 Å². The first-order valence-electron chi connectivity index (χ1n) is 14.0. The normalized spacial score (nSPS) is 14.8. The Morgan fingerprint density at radius 3 is 2.21 bits per heavy atom. The van der Waals surface area contributed by atoms with Crippen LogP contribution in [0.1, 0.15) is 103 Å². The van der Waals surface area contributed by atoms with Gasteiger partial charge in [0.1, 0.15) is 24.5 Å². The van der Waals surface area contributed by atoms with Gasteiger partial charge in [0.25, 0.3) is 0 Å². The van der Waals surface area contributed by atoms with Crippen LogP contribution >= 0.6 is 7.82 Å². The molecule has 0 saturated heterocycles. The molecule has 0 radical (unpaired) electrons. The Morgan fingerprint density at radius 1 is 1.03 bits per heavy atom. The molecule has 0 spiro atoms. The number of unbranched alkanes of at least 4 members (excludes halogenated alkanes) is 12. The highest BCUT2D eigenvalue weighted by molar-refractivity contribution is 7.47. The number of ether oxygens (including phenoxy) is 1. The van der Waals surface area contributed by atoms with Gasteiger partial charge in [-0.05, 0) is 31.4 Å². The maximum atomic E-state index is 12.4. The number of nitrogens with zero attached hydrogens (tertiary/aromatic N) is 4. The van der Waals surface area contributed by atoms with Gasteiger partial charge in [0.15, 0.2) is 11.4 Å². The van der Waals surface area contributed by atoms with Crippen LogP contribution in [0, 0.1) is 11.3 Å². The van der Waals surface area contributed by atoms with Crippen LogP contribution in [0.3, 0.4) is 0 Å². The summed E-state index contributed by atoms with van der Waals surface area (Å²) < 4.78 is 29.7. The van der Waals surface area contributed by atoms with Crippen molar-refractivity contribution in [2.24, 2.45) is 0 Å². The zero-order valence-corrected chi connectivity index (χ0v) is 24.0. The molecule has 11 heteroatoms. The van der Waals surface area contributed by atoms with E-state index in [-0.39, 0.29) is 13.0 Å². The van der Waals surface area contributed by atoms with E-state index in [0.717, 1.165) is 18.5 Å². The van der Waals surface area contributed by atoms with Gasteiger partial charge in [0, 0.05) is 12.8 Å². The molecule has 0 aliphatic heterocycles. The number of methoxy groups -OCH3 is 1. The topological polar surface area (TPSA) is 145 Å². The first-order valence-corrected chi connectivity index (χ1v) is 15.5. The second-order valence-electron chi connectivity index (χ2n) is 9.90. The fourth-order valence-electron chi connectivity index (χ4n) is 4.42. The molecule has 214 valence electrons. The van der Waals surface area contributed by atoms with E-state index in [1.807, 2.05) is 6.07 Å². The molecule has 0 aliphatic rings. The van der Waals surface area contributed by atoms with Gasteiger partial charge in [0.05, 0.1) is 6.61 Å². The van der Waals surface area contributed by atoms with Crippen LogP contribution in [0.4, 0.5) is 5.82 Å². The Kier molecular flexibility index (Phi) is 14.9. The van der Waals surface area contributed by atoms with E-state index in [4.69, 9.17) is 19.5 Å². The molecule has 0 saturated carbocycles. The van der Waals surface area contributed by atoms with Crippen molar-refractivity contribution < 1.29 is 23.2 Å². The van der Waals surface area contributed by atoms with Crippen molar-refractivity contribution >= 4 is 19.2 Å². The minimum atomic E-state index is -4.30. The summed E-state index contributed by atoms with van der Waals surface area (Å²) in [7, 11) is -2.93. The molecule has 0 bridgehead atoms. The molecular weight excluding hydrogens is 505 g/mol. The third kappa shape index (κ3) is 11.4. The van der Waals surface area contributed by atoms with Crippen LogP contribution < -0.4 is 5.73 Å². The maximum Gasteiger partial charge on any atom is 0.472 e. The van der Waals surface area contributed by atoms with Gasteiger partial charge in [0.2, 0.25) is 0 Å². The molecule has 2 aromatic rings. The summed E-state index contributed by atoms with van der Waals surface area (Å²) in [5.74, 6) is 0.356. The first-order chi connectivity index (χ1) is 18.4. The zero-order chi connectivity index (χ0) is 27.7. The van der Waals surface area contributed by atoms with Crippen molar-refractivity contribution in [2.45, 2.75) is 109 Å². The number of aryl methyl sites for hydroxylation is 1. The number of hydrogen-bond acceptors (Lipinski definition) is 8. The molecule has 0 fully saturated rings. The number of nitrogen functional groups attached to an aromatic ring is 1. The summed E-state index contributed by atoms with van der Waals surface area (Å²) in [6, 6.07) is 5.72. The average molecular weight is 552 g/mol. The number of nitrogens with two attached hydrogens (primary N) is 1. The van der Waals surface area contributed by atoms with Gasteiger partial charge in [-0.3, -0.25) is 9.05 Å². The third-order valence-corrected chi connectivity index (χ3v) is 7.87. The summed E-state index contributed by atoms with van der Waals surface area (Å²) in [5.41, 5.74) is 5.92. The van der Waals surface area contributed by atoms with Crippen molar-refractivity contribution in [1.29, 1.82) is 5.26 Å². The van der Waals surface area contributed by atoms with E-state index in [0.29, 0.717) is 24.2 Å². The molecule has 0 amide bonds. The monoisotopic (exact) mass is 551 g/mol. The molecule has 0 aromatic carbocycles. The van der Waals surface area contributed by atoms with Crippen LogP contribution in [0.2, 0.25) is 0 Å². The van der Waals surface area contributed by atoms with Crippen molar-refractivity contribution in [1.82, 2.24) is 14.6 Å². The zero-order valence-electron chi connectivity index (χ0n) is 23.1. The van der Waals surface area contributed by atoms with Gasteiger partial charge in [-0.15, -0.1) is 0 Å². The predicted molar refractivity (Wildman–Crippen MR) is 148 cm³/mol. The van der Waals surface area contributed by atoms with Gasteiger partial charge < -0.3 is 15.4 Å². The van der Waals surface area contributed by atoms with Crippen LogP contribution in [0.5, 0.6) is 0 Å². The Labute approximate surface area is 227 Å². The number of nitriles is 1. The van der Waals surface area contributed by atoms with Crippen molar-refractivity contribution in [3.8, 4) is 6.07 Å². The number of rotatable bonds is 22. The lowest BCUT2D eigenvalue weighted by Crippen LogP contribution is -2.35. The average Bonchev–Trinajstić information content (AvgIpc) is 3.34. The Morgan fingerprint density at radius 2 is 1.63 bits per heavy atom. The van der Waals surface area contributed by atoms with E-state index >= 15 is 0 Å². The number of aromatic nitrogens is 3. The highest BCUT2D eigenvalue weighted by Gasteiger charge is 2.35. The largest absolute Gasteiger partial charge is 0.472 e. The summed E-state index contributed by atoms with van der Waals surface area (Å²) in [6.07, 6.45) is 17.8. The van der Waals surface area contributed by atoms with E-state index in [1.54, 1.807) is 10.6 Å². The van der Waals surface area contributed by atoms with Crippen molar-refractivity contribution in [3.05, 3.63) is 24.2 Å². The lowest BCUT2D eigenvalue weighted by Gasteiger charge is -2.25. The molecule has 2 atom stereocenters. The van der Waals surface area contributed by atoms with Gasteiger partial charge >= 0.3 is 7.82 Å². The van der Waals surface area contributed by atoms with Crippen molar-refractivity contribution in [3.63, 3.8) is 0 Å². The van der Waals surface area contributed by atoms with Crippen molar-refractivity contribution in [2.75, 3.05) is 26.1 Å². The fourth-order valence-corrected chi connectivity index (χ4v) is 5.22. The number of phosphoric ester groups is 1. The summed E-state index contributed by atoms with van der Waals surface area (Å²) in [4.78, 5) is 14.1. The lowest BCUT2D eigenvalue weighted by atomic mass is 9.99. The standard InChI is InChI=1S/C27H46N5O5P/c1-3-4-5-6-7-8-9-10-11-12-13-14-15-20-36-38(33,34)37-22-27(21-28,35-2)19-18-24-16-17-25-26(29)30-23-31-32(24)25/h16-17,23H,3-15,18-20,22H2,1-2H3,(H,33,34)(H2,29,30,31)/t27-/m1/s1. The fraction of sp³-hybridized carbons (Fsp3) is 0.741. The quantitative estimate of drug-likeness (QED) is 0.126. The van der Waals surface area contributed by atoms with Crippen LogP contribution in [0.25, 0.3) is 5.52 Å². The number of anilines is 1. The van der Waals surface area contributed by atoms with Gasteiger partial charge in [-0.25, -0.2) is 14.1 Å². The summed E-state index contributed by atoms with van der Waals surface area (Å²) in [5, 5.41) is 13.9. The molecule has 38 heavy (non-hydrogen) atoms. The smallest absolute Gasteiger partial charge is 0.382 e. The van der Waals surface area contributed by atoms with Crippen LogP contribution in [0.15, 0.2) is 18.5 Å². The lowest BCUT2D eigenvalue weighted by molar-refractivity contribution is -0.0166. The van der Waals surface area contributed by atoms with E-state index in [2.05, 4.69) is 23.1 Å². The summed E-state index contributed by atoms with van der Waals surface area (Å²) >= 11 is 0. The number of phosphoric acid groups is 1. The Bertz CT molecular complexity index is 1030. The van der Waals surface area contributed by atoms with E-state index in [9.17, 15) is 14.7 Å². The van der Waals surface area contributed by atoms with Crippen LogP contribution in [-0.2, 0) is 24.8 Å². The maximum absolute atomic E-state index is 12.4. The number of fused-ring (bicyclic) bond motifs is 1. The minimum absolute atomic E-state index is 0.134. The van der Waals surface area contributed by atoms with Crippen LogP contribution in [-0.4, -0.2) is 45.4 Å². The molecule has 2 heterocycles. The Balaban J connectivity index is 1.61. The molecule has 2 aromatic heterocycles. The van der Waals surface area contributed by atoms with E-state index < -0.39 is 20.0 Å². The highest BCUT2D eigenvalue weighted by Crippen LogP contribution is 2.44. The highest BCUT2D eigenvalue weighted by atomic mass is 31.2. The minimum Gasteiger partial charge on any atom is -0.382 e. The second kappa shape index (κ2) is 17.5. The molecular formula is C27H46N5O5P. The number of hydrogen-bond donors (Lipinski definition) is 2. The molecule has 3 N–H and O–H groups in total. The third-order valence-electron chi connectivity index (χ3n) is 6.90. The first kappa shape index (κ1) is 32.2. The molecule has 0 aliphatic carbocycles. The second-order valence-corrected chi connectivity index (χ2v) is 11.3. The predicted octanol–water partition coefficient (Wildman–Crippen LogP) is 6.38. The molecule has 10 nitrogen and oxygen atoms in total. The summed E-state index contributed by atoms with van der Waals surface area (Å²) in [6.45, 7) is 1.98. The molecule has 1 unspecified atom stereocenters. The SMILES string of the molecule is CCCCCCCCCCCCCCCOP(=O)(O)OC[C@](C#N)(CCc1ccc2c(N)ncnn12)OC. The van der Waals surface area contributed by atoms with E-state index in [1.165, 1.54) is 77.6 Å². The Hall–Kier alpha value is -2.02.